The minimum Gasteiger partial charge on any atom is -0.331 e. The smallest absolute Gasteiger partial charge is 0.282 e. The largest absolute Gasteiger partial charge is 0.331 e. The van der Waals surface area contributed by atoms with Gasteiger partial charge in [-0.1, -0.05) is 112 Å². The highest BCUT2D eigenvalue weighted by Gasteiger charge is 2.29. The van der Waals surface area contributed by atoms with Crippen molar-refractivity contribution in [2.45, 2.75) is 165 Å². The van der Waals surface area contributed by atoms with E-state index in [4.69, 9.17) is 28.4 Å². The number of hydrogen-bond donors (Lipinski definition) is 0. The van der Waals surface area contributed by atoms with Gasteiger partial charge in [-0.3, -0.25) is 0 Å². The molecule has 8 heteroatoms. The van der Waals surface area contributed by atoms with Crippen LogP contribution in [0.3, 0.4) is 0 Å². The summed E-state index contributed by atoms with van der Waals surface area (Å²) < 4.78 is 32.2. The van der Waals surface area contributed by atoms with Gasteiger partial charge in [0.25, 0.3) is 11.9 Å². The topological polar surface area (TPSA) is 55.4 Å². The first-order valence-electron chi connectivity index (χ1n) is 16.1. The van der Waals surface area contributed by atoms with E-state index in [2.05, 4.69) is 35.4 Å². The van der Waals surface area contributed by atoms with Gasteiger partial charge in [0.2, 0.25) is 0 Å². The van der Waals surface area contributed by atoms with Gasteiger partial charge in [-0.2, -0.15) is 0 Å². The van der Waals surface area contributed by atoms with Crippen molar-refractivity contribution in [1.82, 2.24) is 0 Å². The number of methoxy groups -OCH3 is 6. The molecule has 0 aliphatic heterocycles. The van der Waals surface area contributed by atoms with Gasteiger partial charge in [-0.05, 0) is 38.5 Å². The van der Waals surface area contributed by atoms with E-state index in [0.717, 1.165) is 36.2 Å². The van der Waals surface area contributed by atoms with Gasteiger partial charge in [0, 0.05) is 66.0 Å². The maximum absolute atomic E-state index is 5.37. The molecule has 0 amide bonds. The van der Waals surface area contributed by atoms with Gasteiger partial charge in [0.15, 0.2) is 0 Å². The zero-order chi connectivity index (χ0) is 30.0. The zero-order valence-corrected chi connectivity index (χ0v) is 29.2. The molecule has 2 atom stereocenters. The predicted molar refractivity (Wildman–Crippen MR) is 174 cm³/mol. The maximum Gasteiger partial charge on any atom is 0.282 e. The molecule has 0 radical (unpaired) electrons. The van der Waals surface area contributed by atoms with E-state index in [0.29, 0.717) is 0 Å². The Morgan fingerprint density at radius 1 is 0.400 bits per heavy atom. The molecule has 0 saturated carbocycles. The lowest BCUT2D eigenvalue weighted by Crippen LogP contribution is -2.35. The van der Waals surface area contributed by atoms with Crippen LogP contribution < -0.4 is 0 Å². The summed E-state index contributed by atoms with van der Waals surface area (Å²) in [6.45, 7) is 4.72. The first-order chi connectivity index (χ1) is 19.4. The van der Waals surface area contributed by atoms with Crippen LogP contribution in [0.5, 0.6) is 0 Å². The van der Waals surface area contributed by atoms with E-state index in [1.54, 1.807) is 42.7 Å². The third kappa shape index (κ3) is 18.9. The lowest BCUT2D eigenvalue weighted by molar-refractivity contribution is -0.355. The van der Waals surface area contributed by atoms with E-state index >= 15 is 0 Å². The van der Waals surface area contributed by atoms with Crippen LogP contribution in [0.15, 0.2) is 0 Å². The molecule has 0 aliphatic rings. The fraction of sp³-hybridized carbons (Fsp3) is 1.00. The van der Waals surface area contributed by atoms with Crippen LogP contribution in [-0.4, -0.2) is 65.1 Å². The van der Waals surface area contributed by atoms with Crippen LogP contribution in [0.4, 0.5) is 0 Å². The Hall–Kier alpha value is 0.460. The third-order valence-electron chi connectivity index (χ3n) is 8.12. The minimum absolute atomic E-state index is 0.782. The SMILES string of the molecule is CCC(CCCCCCCCCC(OC)(OC)OC)SSC(CC)CCCCCCCCCC(OC)(OC)OC. The molecule has 40 heavy (non-hydrogen) atoms. The molecule has 242 valence electrons. The Morgan fingerprint density at radius 2 is 0.650 bits per heavy atom. The summed E-state index contributed by atoms with van der Waals surface area (Å²) in [5, 5.41) is 1.61. The molecule has 0 fully saturated rings. The van der Waals surface area contributed by atoms with Crippen LogP contribution in [0.2, 0.25) is 0 Å². The van der Waals surface area contributed by atoms with Crippen molar-refractivity contribution in [3.63, 3.8) is 0 Å². The number of hydrogen-bond acceptors (Lipinski definition) is 8. The molecule has 0 N–H and O–H groups in total. The molecule has 0 bridgehead atoms. The highest BCUT2D eigenvalue weighted by Crippen LogP contribution is 2.38. The molecule has 0 rings (SSSR count). The van der Waals surface area contributed by atoms with Crippen molar-refractivity contribution in [2.75, 3.05) is 42.7 Å². The second-order valence-electron chi connectivity index (χ2n) is 10.9. The van der Waals surface area contributed by atoms with Crippen molar-refractivity contribution in [3.05, 3.63) is 0 Å². The lowest BCUT2D eigenvalue weighted by Gasteiger charge is -2.28. The quantitative estimate of drug-likeness (QED) is 0.0437. The summed E-state index contributed by atoms with van der Waals surface area (Å²) in [7, 11) is 14.2. The standard InChI is InChI=1S/C32H66O6S2/c1-9-29(25-21-17-13-11-15-19-23-27-31(33-3,34-4)35-5)39-40-30(10-2)26-22-18-14-12-16-20-24-28-32(36-6,37-7)38-8/h29-30H,9-28H2,1-8H3. The van der Waals surface area contributed by atoms with Crippen LogP contribution >= 0.6 is 21.6 Å². The monoisotopic (exact) mass is 610 g/mol. The second-order valence-corrected chi connectivity index (χ2v) is 13.7. The molecule has 0 heterocycles. The van der Waals surface area contributed by atoms with Crippen LogP contribution in [0, 0.1) is 0 Å². The van der Waals surface area contributed by atoms with Crippen LogP contribution in [0.1, 0.15) is 142 Å². The summed E-state index contributed by atoms with van der Waals surface area (Å²) >= 11 is 0. The number of rotatable bonds is 31. The molecule has 0 saturated heterocycles. The van der Waals surface area contributed by atoms with Crippen molar-refractivity contribution in [1.29, 1.82) is 0 Å². The Balaban J connectivity index is 3.79. The molecule has 0 aromatic rings. The third-order valence-corrected chi connectivity index (χ3v) is 11.9. The summed E-state index contributed by atoms with van der Waals surface area (Å²) in [5.74, 6) is -1.73. The van der Waals surface area contributed by atoms with Gasteiger partial charge in [0.1, 0.15) is 0 Å². The first kappa shape index (κ1) is 40.5. The zero-order valence-electron chi connectivity index (χ0n) is 27.6. The summed E-state index contributed by atoms with van der Waals surface area (Å²) in [6.07, 6.45) is 24.8. The number of ether oxygens (including phenoxy) is 6. The normalized spacial score (nSPS) is 14.1. The van der Waals surface area contributed by atoms with Gasteiger partial charge in [0.05, 0.1) is 0 Å². The van der Waals surface area contributed by atoms with Gasteiger partial charge in [-0.25, -0.2) is 0 Å². The van der Waals surface area contributed by atoms with Crippen molar-refractivity contribution < 1.29 is 28.4 Å². The molecule has 0 aliphatic carbocycles. The number of unbranched alkanes of at least 4 members (excludes halogenated alkanes) is 12. The maximum atomic E-state index is 5.37. The highest BCUT2D eigenvalue weighted by molar-refractivity contribution is 8.77. The minimum atomic E-state index is -0.864. The summed E-state index contributed by atoms with van der Waals surface area (Å²) in [4.78, 5) is 0. The molecule has 6 nitrogen and oxygen atoms in total. The second kappa shape index (κ2) is 27.0. The van der Waals surface area contributed by atoms with Gasteiger partial charge in [-0.15, -0.1) is 0 Å². The van der Waals surface area contributed by atoms with E-state index in [9.17, 15) is 0 Å². The average molecular weight is 611 g/mol. The van der Waals surface area contributed by atoms with Crippen molar-refractivity contribution in [3.8, 4) is 0 Å². The Morgan fingerprint density at radius 3 is 0.900 bits per heavy atom. The average Bonchev–Trinajstić information content (AvgIpc) is 3.00. The fourth-order valence-electron chi connectivity index (χ4n) is 5.10. The first-order valence-corrected chi connectivity index (χ1v) is 18.3. The van der Waals surface area contributed by atoms with Gasteiger partial charge >= 0.3 is 0 Å². The van der Waals surface area contributed by atoms with Crippen LogP contribution in [0.25, 0.3) is 0 Å². The molecular weight excluding hydrogens is 544 g/mol. The molecule has 2 unspecified atom stereocenters. The Bertz CT molecular complexity index is 469. The Labute approximate surface area is 256 Å². The lowest BCUT2D eigenvalue weighted by atomic mass is 10.1. The molecule has 0 spiro atoms. The van der Waals surface area contributed by atoms with E-state index in [1.807, 2.05) is 0 Å². The van der Waals surface area contributed by atoms with Crippen molar-refractivity contribution >= 4 is 21.6 Å². The van der Waals surface area contributed by atoms with E-state index in [1.165, 1.54) is 103 Å². The predicted octanol–water partition coefficient (Wildman–Crippen LogP) is 10.1. The van der Waals surface area contributed by atoms with Crippen molar-refractivity contribution in [2.24, 2.45) is 0 Å². The van der Waals surface area contributed by atoms with Crippen LogP contribution in [-0.2, 0) is 28.4 Å². The summed E-state index contributed by atoms with van der Waals surface area (Å²) in [6, 6.07) is 0. The van der Waals surface area contributed by atoms with E-state index in [-0.39, 0.29) is 0 Å². The Kier molecular flexibility index (Phi) is 27.4. The molecule has 0 aromatic heterocycles. The molecular formula is C32H66O6S2. The van der Waals surface area contributed by atoms with Gasteiger partial charge < -0.3 is 28.4 Å². The molecule has 0 aromatic carbocycles. The highest BCUT2D eigenvalue weighted by atomic mass is 33.1. The summed E-state index contributed by atoms with van der Waals surface area (Å²) in [5.41, 5.74) is 0. The van der Waals surface area contributed by atoms with E-state index < -0.39 is 11.9 Å². The fourth-order valence-corrected chi connectivity index (χ4v) is 8.55.